The lowest BCUT2D eigenvalue weighted by atomic mass is 10.0. The van der Waals surface area contributed by atoms with Crippen LogP contribution in [0.5, 0.6) is 0 Å². The van der Waals surface area contributed by atoms with Crippen LogP contribution in [-0.4, -0.2) is 16.8 Å². The fraction of sp³-hybridized carbons (Fsp3) is 0.125. The zero-order valence-electron chi connectivity index (χ0n) is 11.7. The van der Waals surface area contributed by atoms with Crippen LogP contribution in [0.25, 0.3) is 0 Å². The molecular weight excluding hydrogens is 403 g/mol. The summed E-state index contributed by atoms with van der Waals surface area (Å²) in [5.41, 5.74) is 1.68. The van der Waals surface area contributed by atoms with Gasteiger partial charge in [-0.2, -0.15) is 5.10 Å². The Morgan fingerprint density at radius 3 is 2.52 bits per heavy atom. The van der Waals surface area contributed by atoms with E-state index in [0.29, 0.717) is 22.2 Å². The number of aliphatic carboxylic acids is 1. The lowest BCUT2D eigenvalue weighted by Gasteiger charge is -2.25. The maximum Gasteiger partial charge on any atom is 0.352 e. The number of hydrazone groups is 1. The van der Waals surface area contributed by atoms with Crippen LogP contribution < -0.4 is 5.01 Å². The molecule has 118 valence electrons. The van der Waals surface area contributed by atoms with E-state index in [-0.39, 0.29) is 11.8 Å². The summed E-state index contributed by atoms with van der Waals surface area (Å²) in [7, 11) is 0. The van der Waals surface area contributed by atoms with Gasteiger partial charge in [-0.1, -0.05) is 51.3 Å². The number of rotatable bonds is 3. The summed E-state index contributed by atoms with van der Waals surface area (Å²) in [5.74, 6) is -1.03. The van der Waals surface area contributed by atoms with Crippen LogP contribution in [0.1, 0.15) is 18.0 Å². The first-order valence-electron chi connectivity index (χ1n) is 6.76. The molecule has 1 atom stereocenters. The number of anilines is 1. The number of hydrogen-bond donors (Lipinski definition) is 1. The number of benzene rings is 2. The van der Waals surface area contributed by atoms with Gasteiger partial charge in [0.15, 0.2) is 0 Å². The number of carboxylic acids is 1. The van der Waals surface area contributed by atoms with Gasteiger partial charge >= 0.3 is 5.97 Å². The van der Waals surface area contributed by atoms with E-state index in [1.807, 2.05) is 24.3 Å². The average molecular weight is 414 g/mol. The van der Waals surface area contributed by atoms with Crippen LogP contribution in [0.15, 0.2) is 52.0 Å². The first-order chi connectivity index (χ1) is 11.0. The number of nitrogens with zero attached hydrogens (tertiary/aromatic N) is 2. The molecule has 0 spiro atoms. The van der Waals surface area contributed by atoms with E-state index < -0.39 is 5.97 Å². The number of halogens is 3. The SMILES string of the molecule is O=C(O)C1=NN(c2ccc(Cl)cc2Cl)C(c2ccc(Br)cc2)C1. The van der Waals surface area contributed by atoms with Gasteiger partial charge in [0.25, 0.3) is 0 Å². The van der Waals surface area contributed by atoms with E-state index in [1.165, 1.54) is 0 Å². The predicted molar refractivity (Wildman–Crippen MR) is 95.5 cm³/mol. The van der Waals surface area contributed by atoms with Crippen LogP contribution in [0, 0.1) is 0 Å². The highest BCUT2D eigenvalue weighted by molar-refractivity contribution is 9.10. The van der Waals surface area contributed by atoms with Gasteiger partial charge in [0.05, 0.1) is 16.8 Å². The first kappa shape index (κ1) is 16.3. The van der Waals surface area contributed by atoms with E-state index in [2.05, 4.69) is 21.0 Å². The second-order valence-electron chi connectivity index (χ2n) is 5.06. The third-order valence-corrected chi connectivity index (χ3v) is 4.64. The molecule has 7 heteroatoms. The Morgan fingerprint density at radius 2 is 1.91 bits per heavy atom. The quantitative estimate of drug-likeness (QED) is 0.757. The van der Waals surface area contributed by atoms with Crippen molar-refractivity contribution in [3.63, 3.8) is 0 Å². The molecule has 2 aromatic rings. The van der Waals surface area contributed by atoms with E-state index in [1.54, 1.807) is 23.2 Å². The average Bonchev–Trinajstić information content (AvgIpc) is 2.93. The summed E-state index contributed by atoms with van der Waals surface area (Å²) < 4.78 is 0.953. The highest BCUT2D eigenvalue weighted by atomic mass is 79.9. The highest BCUT2D eigenvalue weighted by Crippen LogP contribution is 2.39. The smallest absolute Gasteiger partial charge is 0.352 e. The normalized spacial score (nSPS) is 17.3. The zero-order chi connectivity index (χ0) is 16.6. The summed E-state index contributed by atoms with van der Waals surface area (Å²) in [6.45, 7) is 0. The van der Waals surface area contributed by atoms with Gasteiger partial charge in [0.1, 0.15) is 5.71 Å². The van der Waals surface area contributed by atoms with Crippen molar-refractivity contribution in [3.8, 4) is 0 Å². The fourth-order valence-corrected chi connectivity index (χ4v) is 3.23. The Balaban J connectivity index is 2.04. The maximum absolute atomic E-state index is 11.3. The summed E-state index contributed by atoms with van der Waals surface area (Å²) >= 11 is 15.6. The van der Waals surface area contributed by atoms with Gasteiger partial charge < -0.3 is 5.11 Å². The first-order valence-corrected chi connectivity index (χ1v) is 8.31. The van der Waals surface area contributed by atoms with Gasteiger partial charge in [0, 0.05) is 15.9 Å². The Hall–Kier alpha value is -1.56. The van der Waals surface area contributed by atoms with Crippen LogP contribution >= 0.6 is 39.1 Å². The Morgan fingerprint density at radius 1 is 1.22 bits per heavy atom. The standard InChI is InChI=1S/C16H11BrCl2N2O2/c17-10-3-1-9(2-4-10)15-8-13(16(22)23)20-21(15)14-6-5-11(18)7-12(14)19/h1-7,15H,8H2,(H,22,23). The molecule has 4 nitrogen and oxygen atoms in total. The predicted octanol–water partition coefficient (Wildman–Crippen LogP) is 5.15. The second kappa shape index (κ2) is 6.51. The van der Waals surface area contributed by atoms with E-state index >= 15 is 0 Å². The molecule has 1 heterocycles. The minimum atomic E-state index is -1.03. The third-order valence-electron chi connectivity index (χ3n) is 3.57. The molecule has 0 aliphatic carbocycles. The van der Waals surface area contributed by atoms with Gasteiger partial charge in [-0.15, -0.1) is 0 Å². The fourth-order valence-electron chi connectivity index (χ4n) is 2.47. The van der Waals surface area contributed by atoms with Crippen LogP contribution in [-0.2, 0) is 4.79 Å². The summed E-state index contributed by atoms with van der Waals surface area (Å²) in [5, 5.41) is 16.1. The molecule has 0 saturated heterocycles. The third kappa shape index (κ3) is 3.37. The van der Waals surface area contributed by atoms with E-state index in [9.17, 15) is 9.90 Å². The van der Waals surface area contributed by atoms with Crippen molar-refractivity contribution in [1.82, 2.24) is 0 Å². The van der Waals surface area contributed by atoms with Crippen LogP contribution in [0.3, 0.4) is 0 Å². The molecule has 0 radical (unpaired) electrons. The zero-order valence-corrected chi connectivity index (χ0v) is 14.8. The van der Waals surface area contributed by atoms with Gasteiger partial charge in [0.2, 0.25) is 0 Å². The molecule has 1 aliphatic rings. The Kier molecular flexibility index (Phi) is 4.62. The van der Waals surface area contributed by atoms with Gasteiger partial charge in [-0.3, -0.25) is 5.01 Å². The Labute approximate surface area is 151 Å². The molecule has 1 aliphatic heterocycles. The number of hydrogen-bond acceptors (Lipinski definition) is 3. The van der Waals surface area contributed by atoms with E-state index in [4.69, 9.17) is 23.2 Å². The van der Waals surface area contributed by atoms with Crippen molar-refractivity contribution in [2.75, 3.05) is 5.01 Å². The lowest BCUT2D eigenvalue weighted by molar-refractivity contribution is -0.129. The molecule has 0 aromatic heterocycles. The Bertz CT molecular complexity index is 793. The van der Waals surface area contributed by atoms with Crippen molar-refractivity contribution >= 4 is 56.5 Å². The largest absolute Gasteiger partial charge is 0.477 e. The molecule has 0 fully saturated rings. The maximum atomic E-state index is 11.3. The summed E-state index contributed by atoms with van der Waals surface area (Å²) in [4.78, 5) is 11.3. The van der Waals surface area contributed by atoms with E-state index in [0.717, 1.165) is 10.0 Å². The topological polar surface area (TPSA) is 52.9 Å². The second-order valence-corrected chi connectivity index (χ2v) is 6.82. The van der Waals surface area contributed by atoms with Crippen LogP contribution in [0.4, 0.5) is 5.69 Å². The monoisotopic (exact) mass is 412 g/mol. The van der Waals surface area contributed by atoms with Crippen molar-refractivity contribution in [2.45, 2.75) is 12.5 Å². The molecular formula is C16H11BrCl2N2O2. The lowest BCUT2D eigenvalue weighted by Crippen LogP contribution is -2.19. The molecule has 2 aromatic carbocycles. The van der Waals surface area contributed by atoms with Gasteiger partial charge in [-0.25, -0.2) is 4.79 Å². The summed E-state index contributed by atoms with van der Waals surface area (Å²) in [6, 6.07) is 12.5. The number of carboxylic acid groups (broad SMARTS) is 1. The molecule has 0 bridgehead atoms. The molecule has 1 unspecified atom stereocenters. The van der Waals surface area contributed by atoms with Gasteiger partial charge in [-0.05, 0) is 35.9 Å². The molecule has 0 amide bonds. The minimum absolute atomic E-state index is 0.101. The molecule has 1 N–H and O–H groups in total. The van der Waals surface area contributed by atoms with Crippen molar-refractivity contribution in [1.29, 1.82) is 0 Å². The minimum Gasteiger partial charge on any atom is -0.477 e. The molecule has 3 rings (SSSR count). The highest BCUT2D eigenvalue weighted by Gasteiger charge is 2.33. The van der Waals surface area contributed by atoms with Crippen molar-refractivity contribution < 1.29 is 9.90 Å². The molecule has 0 saturated carbocycles. The number of carbonyl (C=O) groups is 1. The van der Waals surface area contributed by atoms with Crippen LogP contribution in [0.2, 0.25) is 10.0 Å². The van der Waals surface area contributed by atoms with Crippen molar-refractivity contribution in [3.05, 3.63) is 62.5 Å². The summed E-state index contributed by atoms with van der Waals surface area (Å²) in [6.07, 6.45) is 0.302. The molecule has 23 heavy (non-hydrogen) atoms. The van der Waals surface area contributed by atoms with Crippen molar-refractivity contribution in [2.24, 2.45) is 5.10 Å².